The van der Waals surface area contributed by atoms with Gasteiger partial charge in [0.1, 0.15) is 12.3 Å². The molecule has 3 heterocycles. The van der Waals surface area contributed by atoms with Gasteiger partial charge in [-0.2, -0.15) is 15.0 Å². The average molecular weight is 520 g/mol. The van der Waals surface area contributed by atoms with Gasteiger partial charge in [-0.15, -0.1) is 0 Å². The maximum Gasteiger partial charge on any atom is 0.343 e. The fourth-order valence-corrected chi connectivity index (χ4v) is 3.99. The topological polar surface area (TPSA) is 146 Å². The van der Waals surface area contributed by atoms with Crippen molar-refractivity contribution in [2.45, 2.75) is 13.1 Å². The summed E-state index contributed by atoms with van der Waals surface area (Å²) in [7, 11) is 1.62. The van der Waals surface area contributed by atoms with E-state index in [4.69, 9.17) is 9.47 Å². The van der Waals surface area contributed by atoms with Crippen LogP contribution in [-0.2, 0) is 22.6 Å². The molecule has 2 saturated heterocycles. The third-order valence-electron chi connectivity index (χ3n) is 6.04. The number of ether oxygens (including phenoxy) is 2. The van der Waals surface area contributed by atoms with Crippen LogP contribution in [0.3, 0.4) is 0 Å². The minimum Gasteiger partial charge on any atom is -0.497 e. The molecule has 5 rings (SSSR count). The molecule has 0 spiro atoms. The number of hydrogen-bond acceptors (Lipinski definition) is 11. The fraction of sp³-hybridized carbons (Fsp3) is 0.320. The van der Waals surface area contributed by atoms with E-state index in [0.717, 1.165) is 53.9 Å². The van der Waals surface area contributed by atoms with Crippen LogP contribution in [0.5, 0.6) is 5.75 Å². The number of carbonyl (C=O) groups is 2. The number of methoxy groups -OCH3 is 1. The van der Waals surface area contributed by atoms with Gasteiger partial charge in [-0.3, -0.25) is 15.5 Å². The summed E-state index contributed by atoms with van der Waals surface area (Å²) < 4.78 is 10.6. The molecule has 0 radical (unpaired) electrons. The number of benzene rings is 2. The second-order valence-electron chi connectivity index (χ2n) is 8.68. The van der Waals surface area contributed by atoms with Crippen molar-refractivity contribution < 1.29 is 19.1 Å². The van der Waals surface area contributed by atoms with Crippen molar-refractivity contribution in [3.63, 3.8) is 0 Å². The van der Waals surface area contributed by atoms with Gasteiger partial charge < -0.3 is 25.0 Å². The second-order valence-corrected chi connectivity index (χ2v) is 8.68. The highest BCUT2D eigenvalue weighted by Gasteiger charge is 2.27. The highest BCUT2D eigenvalue weighted by Crippen LogP contribution is 2.18. The van der Waals surface area contributed by atoms with Crippen LogP contribution in [0.1, 0.15) is 11.1 Å². The number of amides is 3. The first-order valence-corrected chi connectivity index (χ1v) is 12.2. The van der Waals surface area contributed by atoms with E-state index in [1.165, 1.54) is 0 Å². The molecule has 2 aliphatic heterocycles. The number of hydrogen-bond donors (Lipinski definition) is 4. The number of urea groups is 1. The van der Waals surface area contributed by atoms with Crippen LogP contribution in [0, 0.1) is 0 Å². The first-order valence-electron chi connectivity index (χ1n) is 12.2. The Balaban J connectivity index is 1.27. The van der Waals surface area contributed by atoms with E-state index in [2.05, 4.69) is 65.5 Å². The minimum absolute atomic E-state index is 0.118. The number of nitrogens with one attached hydrogen (secondary N) is 4. The summed E-state index contributed by atoms with van der Waals surface area (Å²) in [4.78, 5) is 39.1. The zero-order chi connectivity index (χ0) is 26.3. The fourth-order valence-electron chi connectivity index (χ4n) is 3.99. The number of imide groups is 1. The quantitative estimate of drug-likeness (QED) is 0.291. The molecular weight excluding hydrogens is 490 g/mol. The Labute approximate surface area is 219 Å². The number of morpholine rings is 1. The summed E-state index contributed by atoms with van der Waals surface area (Å²) in [5, 5.41) is 9.72. The molecule has 13 nitrogen and oxygen atoms in total. The number of anilines is 4. The van der Waals surface area contributed by atoms with Crippen molar-refractivity contribution in [2.24, 2.45) is 0 Å². The first kappa shape index (κ1) is 25.0. The number of aromatic nitrogens is 3. The molecule has 1 aromatic heterocycles. The Hall–Kier alpha value is -4.65. The van der Waals surface area contributed by atoms with Gasteiger partial charge in [0.15, 0.2) is 0 Å². The van der Waals surface area contributed by atoms with E-state index >= 15 is 0 Å². The molecule has 3 aromatic rings. The lowest BCUT2D eigenvalue weighted by Gasteiger charge is -2.28. The summed E-state index contributed by atoms with van der Waals surface area (Å²) in [5.74, 6) is 1.08. The predicted octanol–water partition coefficient (Wildman–Crippen LogP) is 1.82. The number of rotatable bonds is 10. The van der Waals surface area contributed by atoms with Gasteiger partial charge >= 0.3 is 6.03 Å². The van der Waals surface area contributed by atoms with Crippen molar-refractivity contribution >= 4 is 35.5 Å². The Morgan fingerprint density at radius 1 is 0.868 bits per heavy atom. The van der Waals surface area contributed by atoms with Gasteiger partial charge in [0.25, 0.3) is 0 Å². The maximum atomic E-state index is 12.0. The molecule has 198 valence electrons. The van der Waals surface area contributed by atoms with Crippen molar-refractivity contribution in [2.75, 3.05) is 60.9 Å². The Bertz CT molecular complexity index is 1260. The average Bonchev–Trinajstić information content (AvgIpc) is 3.27. The largest absolute Gasteiger partial charge is 0.497 e. The van der Waals surface area contributed by atoms with Gasteiger partial charge in [-0.25, -0.2) is 9.80 Å². The van der Waals surface area contributed by atoms with Crippen molar-refractivity contribution in [1.29, 1.82) is 0 Å². The normalized spacial score (nSPS) is 15.3. The first-order chi connectivity index (χ1) is 18.6. The van der Waals surface area contributed by atoms with Crippen LogP contribution in [0.2, 0.25) is 0 Å². The lowest BCUT2D eigenvalue weighted by atomic mass is 10.2. The molecule has 13 heteroatoms. The highest BCUT2D eigenvalue weighted by atomic mass is 16.5. The van der Waals surface area contributed by atoms with E-state index in [1.807, 2.05) is 24.3 Å². The number of nitrogens with zero attached hydrogens (tertiary/aromatic N) is 5. The molecule has 0 aliphatic carbocycles. The third kappa shape index (κ3) is 6.37. The van der Waals surface area contributed by atoms with Crippen molar-refractivity contribution in [3.05, 3.63) is 59.7 Å². The van der Waals surface area contributed by atoms with E-state index in [1.54, 1.807) is 7.11 Å². The zero-order valence-electron chi connectivity index (χ0n) is 20.9. The van der Waals surface area contributed by atoms with Crippen molar-refractivity contribution in [1.82, 2.24) is 25.3 Å². The van der Waals surface area contributed by atoms with Crippen LogP contribution in [0.4, 0.5) is 28.3 Å². The Morgan fingerprint density at radius 3 is 2.00 bits per heavy atom. The Morgan fingerprint density at radius 2 is 1.45 bits per heavy atom. The van der Waals surface area contributed by atoms with Crippen LogP contribution in [0.25, 0.3) is 0 Å². The lowest BCUT2D eigenvalue weighted by Crippen LogP contribution is -2.36. The molecule has 0 atom stereocenters. The molecule has 4 N–H and O–H groups in total. The molecular formula is C25H29N9O4. The van der Waals surface area contributed by atoms with E-state index in [-0.39, 0.29) is 12.5 Å². The zero-order valence-corrected chi connectivity index (χ0v) is 20.9. The second kappa shape index (κ2) is 11.6. The van der Waals surface area contributed by atoms with Gasteiger partial charge in [0.05, 0.1) is 20.3 Å². The van der Waals surface area contributed by atoms with Crippen LogP contribution in [-0.4, -0.2) is 71.9 Å². The van der Waals surface area contributed by atoms with Gasteiger partial charge in [0.2, 0.25) is 23.8 Å². The van der Waals surface area contributed by atoms with Gasteiger partial charge in [0, 0.05) is 31.9 Å². The van der Waals surface area contributed by atoms with E-state index in [9.17, 15) is 9.59 Å². The summed E-state index contributed by atoms with van der Waals surface area (Å²) in [6.07, 6.45) is 0. The van der Waals surface area contributed by atoms with Crippen LogP contribution >= 0.6 is 0 Å². The van der Waals surface area contributed by atoms with Crippen molar-refractivity contribution in [3.8, 4) is 5.75 Å². The standard InChI is InChI=1S/C25H29N9O4/c1-37-20-8-4-18(5-9-20)15-27-23-29-22(30-24(31-23)32-34-16-21(35)28-25(34)36)26-14-17-2-6-19(7-3-17)33-10-12-38-13-11-33/h2-9H,10-16H2,1H3,(H,28,35,36)(H3,26,27,29,30,31,32). The van der Waals surface area contributed by atoms with Crippen LogP contribution < -0.4 is 31.0 Å². The van der Waals surface area contributed by atoms with E-state index in [0.29, 0.717) is 25.0 Å². The summed E-state index contributed by atoms with van der Waals surface area (Å²) in [6.45, 7) is 4.03. The predicted molar refractivity (Wildman–Crippen MR) is 141 cm³/mol. The molecule has 0 bridgehead atoms. The summed E-state index contributed by atoms with van der Waals surface area (Å²) >= 11 is 0. The maximum absolute atomic E-state index is 12.0. The Kier molecular flexibility index (Phi) is 7.64. The molecule has 0 saturated carbocycles. The molecule has 38 heavy (non-hydrogen) atoms. The molecule has 2 aromatic carbocycles. The molecule has 2 fully saturated rings. The highest BCUT2D eigenvalue weighted by molar-refractivity contribution is 6.02. The molecule has 3 amide bonds. The minimum atomic E-state index is -0.571. The van der Waals surface area contributed by atoms with Crippen LogP contribution in [0.15, 0.2) is 48.5 Å². The monoisotopic (exact) mass is 519 g/mol. The lowest BCUT2D eigenvalue weighted by molar-refractivity contribution is -0.118. The summed E-state index contributed by atoms with van der Waals surface area (Å²) in [6, 6.07) is 15.3. The SMILES string of the molecule is COc1ccc(CNc2nc(NCc3ccc(N4CCOCC4)cc3)nc(NN3CC(=O)NC3=O)n2)cc1. The smallest absolute Gasteiger partial charge is 0.343 e. The molecule has 0 unspecified atom stereocenters. The summed E-state index contributed by atoms with van der Waals surface area (Å²) in [5.41, 5.74) is 5.99. The third-order valence-corrected chi connectivity index (χ3v) is 6.04. The van der Waals surface area contributed by atoms with Gasteiger partial charge in [-0.1, -0.05) is 24.3 Å². The van der Waals surface area contributed by atoms with E-state index < -0.39 is 11.9 Å². The number of hydrazine groups is 1. The van der Waals surface area contributed by atoms with Gasteiger partial charge in [-0.05, 0) is 35.4 Å². The number of carbonyl (C=O) groups excluding carboxylic acids is 2. The molecule has 2 aliphatic rings.